The Bertz CT molecular complexity index is 2880. The van der Waals surface area contributed by atoms with Crippen LogP contribution in [0.4, 0.5) is 0 Å². The highest BCUT2D eigenvalue weighted by atomic mass is 16.5. The lowest BCUT2D eigenvalue weighted by Gasteiger charge is -2.09. The van der Waals surface area contributed by atoms with E-state index < -0.39 is 0 Å². The van der Waals surface area contributed by atoms with Crippen molar-refractivity contribution >= 4 is 52.3 Å². The lowest BCUT2D eigenvalue weighted by atomic mass is 10.0. The van der Waals surface area contributed by atoms with Crippen LogP contribution in [0.25, 0.3) is 90.9 Å². The van der Waals surface area contributed by atoms with Gasteiger partial charge in [0.05, 0.1) is 28.7 Å². The molecule has 2 aliphatic heterocycles. The number of fused-ring (bicyclic) bond motifs is 8. The Hall–Kier alpha value is -7.57. The Morgan fingerprint density at radius 1 is 0.429 bits per heavy atom. The molecule has 0 unspecified atom stereocenters. The molecule has 6 heteroatoms. The van der Waals surface area contributed by atoms with Crippen molar-refractivity contribution in [2.45, 2.75) is 0 Å². The number of hydrogen-bond acceptors (Lipinski definition) is 4. The SMILES string of the molecule is O=C(Oc1ccc(-c2c3nc(c(-c4ccccc4)c4ccc([nH]4)c(-c4ccccc4)c4nc(c(-c5ccccc5)c5ccc2[nH]5)C=C4)C=C3)cc1)C1C=CC=C1. The Morgan fingerprint density at radius 3 is 1.12 bits per heavy atom. The van der Waals surface area contributed by atoms with Crippen LogP contribution in [0, 0.1) is 5.92 Å². The van der Waals surface area contributed by atoms with Crippen LogP contribution in [0.15, 0.2) is 164 Å². The molecule has 7 aromatic rings. The molecule has 0 saturated carbocycles. The molecule has 8 bridgehead atoms. The number of carbonyl (C=O) groups excluding carboxylic acids is 1. The van der Waals surface area contributed by atoms with Crippen LogP contribution in [0.2, 0.25) is 0 Å². The van der Waals surface area contributed by atoms with E-state index in [0.29, 0.717) is 5.75 Å². The Balaban J connectivity index is 1.28. The summed E-state index contributed by atoms with van der Waals surface area (Å²) in [7, 11) is 0. The van der Waals surface area contributed by atoms with E-state index in [2.05, 4.69) is 131 Å². The van der Waals surface area contributed by atoms with Crippen LogP contribution in [-0.2, 0) is 4.79 Å². The molecular formula is C50H34N4O2. The van der Waals surface area contributed by atoms with Crippen LogP contribution in [0.5, 0.6) is 5.75 Å². The fourth-order valence-electron chi connectivity index (χ4n) is 7.70. The molecule has 56 heavy (non-hydrogen) atoms. The molecule has 266 valence electrons. The van der Waals surface area contributed by atoms with Crippen LogP contribution in [-0.4, -0.2) is 25.9 Å². The van der Waals surface area contributed by atoms with Gasteiger partial charge in [0, 0.05) is 44.3 Å². The predicted molar refractivity (Wildman–Crippen MR) is 228 cm³/mol. The minimum Gasteiger partial charge on any atom is -0.426 e. The van der Waals surface area contributed by atoms with Crippen LogP contribution >= 0.6 is 0 Å². The number of H-pyrrole nitrogens is 2. The van der Waals surface area contributed by atoms with E-state index in [0.717, 1.165) is 89.4 Å². The highest BCUT2D eigenvalue weighted by Gasteiger charge is 2.20. The van der Waals surface area contributed by atoms with E-state index in [9.17, 15) is 4.79 Å². The van der Waals surface area contributed by atoms with Crippen molar-refractivity contribution in [1.82, 2.24) is 19.9 Å². The lowest BCUT2D eigenvalue weighted by Crippen LogP contribution is -2.15. The predicted octanol–water partition coefficient (Wildman–Crippen LogP) is 12.0. The molecule has 3 aromatic heterocycles. The minimum atomic E-state index is -0.377. The topological polar surface area (TPSA) is 83.7 Å². The molecular weight excluding hydrogens is 689 g/mol. The quantitative estimate of drug-likeness (QED) is 0.132. The van der Waals surface area contributed by atoms with E-state index in [1.165, 1.54) is 0 Å². The summed E-state index contributed by atoms with van der Waals surface area (Å²) in [5.41, 5.74) is 15.1. The van der Waals surface area contributed by atoms with Crippen molar-refractivity contribution in [2.75, 3.05) is 0 Å². The average molecular weight is 723 g/mol. The fraction of sp³-hybridized carbons (Fsp3) is 0.0200. The molecule has 4 aromatic carbocycles. The van der Waals surface area contributed by atoms with Gasteiger partial charge < -0.3 is 14.7 Å². The smallest absolute Gasteiger partial charge is 0.322 e. The molecule has 10 rings (SSSR count). The number of benzene rings is 4. The highest BCUT2D eigenvalue weighted by Crippen LogP contribution is 2.38. The van der Waals surface area contributed by atoms with Gasteiger partial charge in [0.25, 0.3) is 0 Å². The van der Waals surface area contributed by atoms with Gasteiger partial charge in [-0.05, 0) is 83.0 Å². The second kappa shape index (κ2) is 14.0. The number of carbonyl (C=O) groups is 1. The lowest BCUT2D eigenvalue weighted by molar-refractivity contribution is -0.135. The molecule has 0 amide bonds. The van der Waals surface area contributed by atoms with Gasteiger partial charge in [-0.2, -0.15) is 0 Å². The monoisotopic (exact) mass is 722 g/mol. The summed E-state index contributed by atoms with van der Waals surface area (Å²) >= 11 is 0. The van der Waals surface area contributed by atoms with Crippen molar-refractivity contribution in [3.05, 3.63) is 187 Å². The average Bonchev–Trinajstić information content (AvgIpc) is 4.10. The number of aromatic nitrogens is 4. The fourth-order valence-corrected chi connectivity index (χ4v) is 7.70. The molecule has 0 spiro atoms. The Labute approximate surface area is 323 Å². The van der Waals surface area contributed by atoms with Gasteiger partial charge in [-0.3, -0.25) is 4.79 Å². The van der Waals surface area contributed by atoms with E-state index >= 15 is 0 Å². The van der Waals surface area contributed by atoms with Crippen molar-refractivity contribution < 1.29 is 9.53 Å². The van der Waals surface area contributed by atoms with Crippen molar-refractivity contribution in [3.8, 4) is 50.3 Å². The number of nitrogens with zero attached hydrogens (tertiary/aromatic N) is 2. The first-order valence-corrected chi connectivity index (χ1v) is 18.7. The van der Waals surface area contributed by atoms with Gasteiger partial charge in [-0.25, -0.2) is 9.97 Å². The zero-order valence-corrected chi connectivity index (χ0v) is 30.2. The van der Waals surface area contributed by atoms with Crippen LogP contribution in [0.1, 0.15) is 22.8 Å². The summed E-state index contributed by atoms with van der Waals surface area (Å²) < 4.78 is 5.75. The van der Waals surface area contributed by atoms with E-state index in [4.69, 9.17) is 14.7 Å². The Kier molecular flexibility index (Phi) is 8.26. The number of hydrogen-bond donors (Lipinski definition) is 2. The first kappa shape index (κ1) is 33.0. The highest BCUT2D eigenvalue weighted by molar-refractivity contribution is 5.99. The molecule has 0 fully saturated rings. The third-order valence-corrected chi connectivity index (χ3v) is 10.3. The van der Waals surface area contributed by atoms with Crippen molar-refractivity contribution in [3.63, 3.8) is 0 Å². The first-order valence-electron chi connectivity index (χ1n) is 18.7. The van der Waals surface area contributed by atoms with Gasteiger partial charge in [0.1, 0.15) is 5.75 Å². The number of ether oxygens (including phenoxy) is 1. The van der Waals surface area contributed by atoms with Crippen LogP contribution in [0.3, 0.4) is 0 Å². The second-order valence-corrected chi connectivity index (χ2v) is 13.8. The summed E-state index contributed by atoms with van der Waals surface area (Å²) in [4.78, 5) is 31.1. The largest absolute Gasteiger partial charge is 0.426 e. The summed E-state index contributed by atoms with van der Waals surface area (Å²) in [6, 6.07) is 47.3. The number of esters is 1. The normalized spacial score (nSPS) is 13.1. The number of rotatable bonds is 6. The number of allylic oxidation sites excluding steroid dienone is 2. The zero-order valence-electron chi connectivity index (χ0n) is 30.2. The second-order valence-electron chi connectivity index (χ2n) is 13.8. The molecule has 5 heterocycles. The molecule has 1 aliphatic carbocycles. The van der Waals surface area contributed by atoms with E-state index in [1.54, 1.807) is 0 Å². The van der Waals surface area contributed by atoms with E-state index in [-0.39, 0.29) is 11.9 Å². The van der Waals surface area contributed by atoms with Gasteiger partial charge in [-0.1, -0.05) is 127 Å². The summed E-state index contributed by atoms with van der Waals surface area (Å²) in [5.74, 6) is -0.205. The molecule has 2 N–H and O–H groups in total. The number of aromatic amines is 2. The van der Waals surface area contributed by atoms with Crippen LogP contribution < -0.4 is 4.74 Å². The van der Waals surface area contributed by atoms with E-state index in [1.807, 2.05) is 66.8 Å². The summed E-state index contributed by atoms with van der Waals surface area (Å²) in [5, 5.41) is 0. The van der Waals surface area contributed by atoms with Gasteiger partial charge in [-0.15, -0.1) is 0 Å². The standard InChI is InChI=1S/C50H34N4O2/c55-50(36-18-10-11-19-36)56-37-22-20-35(21-23-37)49-44-30-28-42(53-44)47(33-14-6-2-7-15-33)40-26-24-38(51-40)46(32-12-4-1-5-13-32)39-25-27-41(52-39)48(34-16-8-3-9-17-34)43-29-31-45(49)54-43/h1-31,36,51,54H. The molecule has 3 aliphatic rings. The number of nitrogens with one attached hydrogen (secondary N) is 2. The maximum absolute atomic E-state index is 12.8. The Morgan fingerprint density at radius 2 is 0.768 bits per heavy atom. The molecule has 0 radical (unpaired) electrons. The van der Waals surface area contributed by atoms with Crippen molar-refractivity contribution in [1.29, 1.82) is 0 Å². The minimum absolute atomic E-state index is 0.310. The summed E-state index contributed by atoms with van der Waals surface area (Å²) in [6.07, 6.45) is 15.8. The summed E-state index contributed by atoms with van der Waals surface area (Å²) in [6.45, 7) is 0. The third-order valence-electron chi connectivity index (χ3n) is 10.3. The third kappa shape index (κ3) is 6.09. The zero-order chi connectivity index (χ0) is 37.4. The maximum atomic E-state index is 12.8. The maximum Gasteiger partial charge on any atom is 0.322 e. The molecule has 0 atom stereocenters. The van der Waals surface area contributed by atoms with Gasteiger partial charge in [0.2, 0.25) is 0 Å². The van der Waals surface area contributed by atoms with Gasteiger partial charge >= 0.3 is 5.97 Å². The first-order chi connectivity index (χ1) is 27.7. The van der Waals surface area contributed by atoms with Crippen molar-refractivity contribution in [2.24, 2.45) is 5.92 Å². The van der Waals surface area contributed by atoms with Gasteiger partial charge in [0.15, 0.2) is 0 Å². The molecule has 0 saturated heterocycles. The molecule has 6 nitrogen and oxygen atoms in total.